The first-order valence-electron chi connectivity index (χ1n) is 8.64. The minimum Gasteiger partial charge on any atom is -0.507 e. The van der Waals surface area contributed by atoms with Crippen LogP contribution in [0.5, 0.6) is 5.75 Å². The van der Waals surface area contributed by atoms with Crippen molar-refractivity contribution in [2.45, 2.75) is 26.2 Å². The number of phenolic OH excluding ortho intramolecular Hbond substituents is 1. The molecule has 128 valence electrons. The van der Waals surface area contributed by atoms with Crippen molar-refractivity contribution in [2.75, 3.05) is 13.6 Å². The van der Waals surface area contributed by atoms with Crippen LogP contribution in [-0.4, -0.2) is 18.7 Å². The van der Waals surface area contributed by atoms with E-state index in [0.717, 1.165) is 22.6 Å². The van der Waals surface area contributed by atoms with Crippen LogP contribution in [0.15, 0.2) is 60.0 Å². The Morgan fingerprint density at radius 2 is 1.79 bits per heavy atom. The second-order valence-corrected chi connectivity index (χ2v) is 6.65. The van der Waals surface area contributed by atoms with Gasteiger partial charge in [-0.1, -0.05) is 56.3 Å². The first-order valence-corrected chi connectivity index (χ1v) is 9.52. The first-order chi connectivity index (χ1) is 11.8. The van der Waals surface area contributed by atoms with Crippen LogP contribution in [0.1, 0.15) is 31.1 Å². The molecule has 1 fully saturated rings. The molecule has 2 atom stereocenters. The Bertz CT molecular complexity index is 718. The lowest BCUT2D eigenvalue weighted by Crippen LogP contribution is -2.09. The van der Waals surface area contributed by atoms with Crippen molar-refractivity contribution >= 4 is 22.1 Å². The number of hydrogen-bond acceptors (Lipinski definition) is 3. The van der Waals surface area contributed by atoms with Gasteiger partial charge in [0.2, 0.25) is 0 Å². The number of thiophene rings is 1. The molecule has 0 amide bonds. The van der Waals surface area contributed by atoms with E-state index >= 15 is 0 Å². The summed E-state index contributed by atoms with van der Waals surface area (Å²) in [4.78, 5) is 1.57. The second-order valence-electron chi connectivity index (χ2n) is 5.67. The van der Waals surface area contributed by atoms with Gasteiger partial charge in [-0.15, -0.1) is 11.3 Å². The fourth-order valence-electron chi connectivity index (χ4n) is 2.79. The average molecular weight is 342 g/mol. The maximum absolute atomic E-state index is 9.37. The highest BCUT2D eigenvalue weighted by Gasteiger charge is 2.37. The normalized spacial score (nSPS) is 18.1. The van der Waals surface area contributed by atoms with E-state index in [1.54, 1.807) is 10.9 Å². The number of aromatic hydroxyl groups is 1. The van der Waals surface area contributed by atoms with Crippen LogP contribution in [0, 0.1) is 5.92 Å². The molecule has 1 saturated carbocycles. The molecule has 4 rings (SSSR count). The molecule has 0 radical (unpaired) electrons. The Morgan fingerprint density at radius 1 is 1.04 bits per heavy atom. The number of hydrogen-bond donors (Lipinski definition) is 2. The predicted octanol–water partition coefficient (Wildman–Crippen LogP) is 5.64. The Balaban J connectivity index is 0.000000158. The third-order valence-electron chi connectivity index (χ3n) is 4.06. The number of nitrogens with one attached hydrogen (secondary N) is 1. The summed E-state index contributed by atoms with van der Waals surface area (Å²) in [6.45, 7) is 5.18. The van der Waals surface area contributed by atoms with Gasteiger partial charge in [-0.3, -0.25) is 0 Å². The van der Waals surface area contributed by atoms with Gasteiger partial charge in [0.05, 0.1) is 0 Å². The Morgan fingerprint density at radius 3 is 2.46 bits per heavy atom. The monoisotopic (exact) mass is 341 g/mol. The molecule has 3 aromatic rings. The molecule has 0 spiro atoms. The largest absolute Gasteiger partial charge is 0.507 e. The molecular formula is C21H27NOS. The molecule has 2 aromatic carbocycles. The van der Waals surface area contributed by atoms with Crippen molar-refractivity contribution in [2.24, 2.45) is 5.92 Å². The molecule has 24 heavy (non-hydrogen) atoms. The van der Waals surface area contributed by atoms with E-state index in [9.17, 15) is 5.11 Å². The number of phenols is 1. The zero-order chi connectivity index (χ0) is 17.4. The average Bonchev–Trinajstić information content (AvgIpc) is 3.18. The molecular weight excluding hydrogens is 314 g/mol. The van der Waals surface area contributed by atoms with Crippen molar-refractivity contribution in [3.63, 3.8) is 0 Å². The third-order valence-corrected chi connectivity index (χ3v) is 5.07. The molecule has 3 heteroatoms. The third kappa shape index (κ3) is 4.83. The maximum Gasteiger partial charge on any atom is 0.123 e. The maximum atomic E-state index is 9.37. The van der Waals surface area contributed by atoms with Crippen LogP contribution in [0.2, 0.25) is 0 Å². The molecule has 0 aliphatic heterocycles. The van der Waals surface area contributed by atoms with Crippen molar-refractivity contribution in [1.29, 1.82) is 0 Å². The zero-order valence-electron chi connectivity index (χ0n) is 14.7. The first kappa shape index (κ1) is 18.5. The van der Waals surface area contributed by atoms with E-state index in [0.29, 0.717) is 5.75 Å². The summed E-state index contributed by atoms with van der Waals surface area (Å²) < 4.78 is 0. The van der Waals surface area contributed by atoms with Gasteiger partial charge in [0.1, 0.15) is 5.75 Å². The molecule has 1 aromatic heterocycles. The van der Waals surface area contributed by atoms with Gasteiger partial charge in [-0.05, 0) is 54.7 Å². The number of rotatable bonds is 3. The van der Waals surface area contributed by atoms with Gasteiger partial charge in [-0.2, -0.15) is 0 Å². The second kappa shape index (κ2) is 9.45. The van der Waals surface area contributed by atoms with Crippen molar-refractivity contribution < 1.29 is 5.11 Å². The number of fused-ring (bicyclic) bond motifs is 1. The van der Waals surface area contributed by atoms with Gasteiger partial charge in [0, 0.05) is 10.3 Å². The highest BCUT2D eigenvalue weighted by Crippen LogP contribution is 2.48. The van der Waals surface area contributed by atoms with Gasteiger partial charge in [0.15, 0.2) is 0 Å². The molecule has 0 saturated heterocycles. The van der Waals surface area contributed by atoms with E-state index < -0.39 is 0 Å². The van der Waals surface area contributed by atoms with Crippen LogP contribution >= 0.6 is 11.3 Å². The summed E-state index contributed by atoms with van der Waals surface area (Å²) in [5, 5.41) is 16.8. The predicted molar refractivity (Wildman–Crippen MR) is 106 cm³/mol. The molecule has 2 nitrogen and oxygen atoms in total. The van der Waals surface area contributed by atoms with Crippen molar-refractivity contribution in [3.05, 3.63) is 64.9 Å². The highest BCUT2D eigenvalue weighted by atomic mass is 32.1. The van der Waals surface area contributed by atoms with Crippen LogP contribution in [-0.2, 0) is 0 Å². The lowest BCUT2D eigenvalue weighted by molar-refractivity contribution is 0.481. The van der Waals surface area contributed by atoms with E-state index in [2.05, 4.69) is 22.8 Å². The summed E-state index contributed by atoms with van der Waals surface area (Å²) >= 11 is 1.90. The van der Waals surface area contributed by atoms with Crippen LogP contribution in [0.4, 0.5) is 0 Å². The minimum absolute atomic E-state index is 0.350. The summed E-state index contributed by atoms with van der Waals surface area (Å²) in [6, 6.07) is 17.7. The van der Waals surface area contributed by atoms with Gasteiger partial charge >= 0.3 is 0 Å². The van der Waals surface area contributed by atoms with Crippen LogP contribution in [0.25, 0.3) is 10.8 Å². The fraction of sp³-hybridized carbons (Fsp3) is 0.333. The standard InChI is InChI=1S/C10H8O.C9H13NS.C2H6/c11-10-7-3-5-8-4-1-2-6-9(8)10;1-10-6-7-5-8(7)9-3-2-4-11-9;1-2/h1-7,11H;2-4,7-8,10H,5-6H2,1H3;1-2H3/t;7-,8-;/m.0./s1. The lowest BCUT2D eigenvalue weighted by Gasteiger charge is -1.97. The SMILES string of the molecule is CC.CNC[C@@H]1C[C@@H]1c1cccs1.Oc1cccc2ccccc12. The quantitative estimate of drug-likeness (QED) is 0.646. The van der Waals surface area contributed by atoms with Gasteiger partial charge in [-0.25, -0.2) is 0 Å². The lowest BCUT2D eigenvalue weighted by atomic mass is 10.1. The molecule has 0 bridgehead atoms. The summed E-state index contributed by atoms with van der Waals surface area (Å²) in [7, 11) is 2.03. The Hall–Kier alpha value is -1.84. The van der Waals surface area contributed by atoms with E-state index in [-0.39, 0.29) is 0 Å². The summed E-state index contributed by atoms with van der Waals surface area (Å²) in [5.41, 5.74) is 0. The highest BCUT2D eigenvalue weighted by molar-refractivity contribution is 7.10. The van der Waals surface area contributed by atoms with Crippen LogP contribution in [0.3, 0.4) is 0 Å². The smallest absolute Gasteiger partial charge is 0.123 e. The minimum atomic E-state index is 0.350. The Kier molecular flexibility index (Phi) is 7.29. The van der Waals surface area contributed by atoms with Gasteiger partial charge in [0.25, 0.3) is 0 Å². The zero-order valence-corrected chi connectivity index (χ0v) is 15.5. The van der Waals surface area contributed by atoms with Crippen molar-refractivity contribution in [3.8, 4) is 5.75 Å². The summed E-state index contributed by atoms with van der Waals surface area (Å²) in [6.07, 6.45) is 1.39. The summed E-state index contributed by atoms with van der Waals surface area (Å²) in [5.74, 6) is 2.14. The molecule has 1 aliphatic rings. The van der Waals surface area contributed by atoms with E-state index in [1.165, 1.54) is 13.0 Å². The molecule has 0 unspecified atom stereocenters. The fourth-order valence-corrected chi connectivity index (χ4v) is 3.73. The van der Waals surface area contributed by atoms with E-state index in [1.807, 2.05) is 68.6 Å². The van der Waals surface area contributed by atoms with Gasteiger partial charge < -0.3 is 10.4 Å². The molecule has 1 aliphatic carbocycles. The van der Waals surface area contributed by atoms with Crippen LogP contribution < -0.4 is 5.32 Å². The molecule has 2 N–H and O–H groups in total. The van der Waals surface area contributed by atoms with E-state index in [4.69, 9.17) is 0 Å². The Labute approximate surface area is 149 Å². The molecule has 1 heterocycles. The van der Waals surface area contributed by atoms with Crippen molar-refractivity contribution in [1.82, 2.24) is 5.32 Å². The topological polar surface area (TPSA) is 32.3 Å². The number of benzene rings is 2.